The van der Waals surface area contributed by atoms with Gasteiger partial charge in [0.1, 0.15) is 5.82 Å². The third kappa shape index (κ3) is 5.02. The van der Waals surface area contributed by atoms with Crippen molar-refractivity contribution in [3.63, 3.8) is 0 Å². The van der Waals surface area contributed by atoms with Gasteiger partial charge in [0.05, 0.1) is 23.1 Å². The van der Waals surface area contributed by atoms with Crippen molar-refractivity contribution in [1.29, 1.82) is 0 Å². The molecule has 0 unspecified atom stereocenters. The maximum absolute atomic E-state index is 14.5. The maximum Gasteiger partial charge on any atom is 0.326 e. The van der Waals surface area contributed by atoms with Crippen molar-refractivity contribution in [2.75, 3.05) is 26.7 Å². The van der Waals surface area contributed by atoms with Gasteiger partial charge in [-0.05, 0) is 30.9 Å². The zero-order valence-electron chi connectivity index (χ0n) is 18.7. The van der Waals surface area contributed by atoms with Crippen molar-refractivity contribution in [2.24, 2.45) is 0 Å². The van der Waals surface area contributed by atoms with Gasteiger partial charge in [0.2, 0.25) is 0 Å². The highest BCUT2D eigenvalue weighted by molar-refractivity contribution is 5.98. The number of benzene rings is 2. The number of Topliss-reactive ketones (excluding diaryl/α,β-unsaturated/α-hetero) is 1. The minimum Gasteiger partial charge on any atom is -0.355 e. The van der Waals surface area contributed by atoms with Gasteiger partial charge in [0.15, 0.2) is 5.78 Å². The molecular weight excluding hydrogens is 447 g/mol. The number of ketones is 1. The first-order valence-corrected chi connectivity index (χ1v) is 10.9. The number of carbonyl (C=O) groups is 2. The Hall–Kier alpha value is -2.97. The third-order valence-corrected chi connectivity index (χ3v) is 6.25. The molecule has 7 nitrogen and oxygen atoms in total. The van der Waals surface area contributed by atoms with E-state index in [1.54, 1.807) is 4.57 Å². The number of rotatable bonds is 6. The number of amides is 1. The number of hydrogen-bond donors (Lipinski definition) is 2. The summed E-state index contributed by atoms with van der Waals surface area (Å²) in [6.45, 7) is 3.75. The quantitative estimate of drug-likeness (QED) is 0.536. The second kappa shape index (κ2) is 10.3. The fourth-order valence-electron chi connectivity index (χ4n) is 4.37. The van der Waals surface area contributed by atoms with E-state index in [1.807, 2.05) is 24.3 Å². The minimum atomic E-state index is -0.665. The highest BCUT2D eigenvalue weighted by atomic mass is 35.5. The van der Waals surface area contributed by atoms with Crippen LogP contribution in [0.25, 0.3) is 11.0 Å². The summed E-state index contributed by atoms with van der Waals surface area (Å²) < 4.78 is 16.1. The van der Waals surface area contributed by atoms with Crippen LogP contribution in [0, 0.1) is 5.82 Å². The lowest BCUT2D eigenvalue weighted by atomic mass is 10.0. The standard InChI is InChI=1S/C24H27FN4O3.ClH/c1-3-15-4-6-16(7-5-15)22(30)14-28-10-8-17(9-11-28)29-21-13-19(25)18(23(31)26-2)12-20(21)27-24(29)32;/h4-7,12-13,17H,3,8-11,14H2,1-2H3,(H,26,31)(H,27,32);1H. The number of halogens is 2. The van der Waals surface area contributed by atoms with E-state index in [0.717, 1.165) is 6.42 Å². The fraction of sp³-hybridized carbons (Fsp3) is 0.375. The van der Waals surface area contributed by atoms with E-state index >= 15 is 0 Å². The number of aryl methyl sites for hydroxylation is 1. The zero-order chi connectivity index (χ0) is 22.8. The molecule has 0 spiro atoms. The Labute approximate surface area is 197 Å². The molecule has 1 saturated heterocycles. The number of fused-ring (bicyclic) bond motifs is 1. The van der Waals surface area contributed by atoms with Crippen LogP contribution in [0.2, 0.25) is 0 Å². The molecular formula is C24H28ClFN4O3. The lowest BCUT2D eigenvalue weighted by Crippen LogP contribution is -2.39. The summed E-state index contributed by atoms with van der Waals surface area (Å²) in [6.07, 6.45) is 2.29. The highest BCUT2D eigenvalue weighted by Crippen LogP contribution is 2.26. The van der Waals surface area contributed by atoms with E-state index in [-0.39, 0.29) is 35.5 Å². The number of hydrogen-bond acceptors (Lipinski definition) is 4. The number of carbonyl (C=O) groups excluding carboxylic acids is 2. The molecule has 1 aliphatic rings. The van der Waals surface area contributed by atoms with E-state index in [9.17, 15) is 18.8 Å². The summed E-state index contributed by atoms with van der Waals surface area (Å²) in [4.78, 5) is 41.9. The molecule has 1 amide bonds. The Kier molecular flexibility index (Phi) is 7.71. The SMILES string of the molecule is CCc1ccc(C(=O)CN2CCC(n3c(=O)[nH]c4cc(C(=O)NC)c(F)cc43)CC2)cc1.Cl. The van der Waals surface area contributed by atoms with Crippen LogP contribution in [0.15, 0.2) is 41.2 Å². The van der Waals surface area contributed by atoms with Gasteiger partial charge in [-0.3, -0.25) is 19.1 Å². The first-order chi connectivity index (χ1) is 15.4. The average Bonchev–Trinajstić information content (AvgIpc) is 3.13. The summed E-state index contributed by atoms with van der Waals surface area (Å²) >= 11 is 0. The molecule has 0 radical (unpaired) electrons. The van der Waals surface area contributed by atoms with Crippen molar-refractivity contribution in [2.45, 2.75) is 32.2 Å². The van der Waals surface area contributed by atoms with Gasteiger partial charge < -0.3 is 10.3 Å². The van der Waals surface area contributed by atoms with E-state index in [4.69, 9.17) is 0 Å². The fourth-order valence-corrected chi connectivity index (χ4v) is 4.37. The van der Waals surface area contributed by atoms with Crippen LogP contribution < -0.4 is 11.0 Å². The number of nitrogens with zero attached hydrogens (tertiary/aromatic N) is 2. The van der Waals surface area contributed by atoms with Crippen molar-refractivity contribution >= 4 is 35.1 Å². The molecule has 0 bridgehead atoms. The maximum atomic E-state index is 14.5. The first-order valence-electron chi connectivity index (χ1n) is 10.9. The van der Waals surface area contributed by atoms with Crippen LogP contribution in [0.4, 0.5) is 4.39 Å². The lowest BCUT2D eigenvalue weighted by Gasteiger charge is -2.32. The summed E-state index contributed by atoms with van der Waals surface area (Å²) in [5.74, 6) is -1.12. The van der Waals surface area contributed by atoms with Gasteiger partial charge in [-0.2, -0.15) is 0 Å². The number of aromatic amines is 1. The molecule has 4 rings (SSSR count). The number of H-pyrrole nitrogens is 1. The van der Waals surface area contributed by atoms with Gasteiger partial charge in [0.25, 0.3) is 5.91 Å². The molecule has 2 heterocycles. The zero-order valence-corrected chi connectivity index (χ0v) is 19.5. The Morgan fingerprint density at radius 3 is 2.42 bits per heavy atom. The average molecular weight is 475 g/mol. The van der Waals surface area contributed by atoms with Gasteiger partial charge >= 0.3 is 5.69 Å². The molecule has 2 N–H and O–H groups in total. The van der Waals surface area contributed by atoms with Crippen LogP contribution in [0.3, 0.4) is 0 Å². The molecule has 1 aromatic heterocycles. The molecule has 0 aliphatic carbocycles. The number of nitrogens with one attached hydrogen (secondary N) is 2. The van der Waals surface area contributed by atoms with E-state index in [1.165, 1.54) is 24.7 Å². The Morgan fingerprint density at radius 2 is 1.82 bits per heavy atom. The van der Waals surface area contributed by atoms with Crippen LogP contribution in [0.1, 0.15) is 52.1 Å². The molecule has 2 aromatic carbocycles. The Balaban J connectivity index is 0.00000306. The number of aromatic nitrogens is 2. The summed E-state index contributed by atoms with van der Waals surface area (Å²) in [7, 11) is 1.43. The van der Waals surface area contributed by atoms with Crippen LogP contribution in [-0.2, 0) is 6.42 Å². The third-order valence-electron chi connectivity index (χ3n) is 6.25. The second-order valence-corrected chi connectivity index (χ2v) is 8.21. The van der Waals surface area contributed by atoms with Crippen LogP contribution in [-0.4, -0.2) is 52.8 Å². The largest absolute Gasteiger partial charge is 0.355 e. The van der Waals surface area contributed by atoms with E-state index in [0.29, 0.717) is 49.1 Å². The van der Waals surface area contributed by atoms with Crippen molar-refractivity contribution in [3.8, 4) is 0 Å². The van der Waals surface area contributed by atoms with Crippen molar-refractivity contribution in [1.82, 2.24) is 19.8 Å². The summed E-state index contributed by atoms with van der Waals surface area (Å²) in [5.41, 5.74) is 2.37. The second-order valence-electron chi connectivity index (χ2n) is 8.21. The predicted octanol–water partition coefficient (Wildman–Crippen LogP) is 3.33. The van der Waals surface area contributed by atoms with Gasteiger partial charge in [-0.15, -0.1) is 12.4 Å². The molecule has 3 aromatic rings. The van der Waals surface area contributed by atoms with Gasteiger partial charge in [-0.1, -0.05) is 31.2 Å². The molecule has 9 heteroatoms. The lowest BCUT2D eigenvalue weighted by molar-refractivity contribution is 0.0897. The number of piperidine rings is 1. The molecule has 0 atom stereocenters. The Morgan fingerprint density at radius 1 is 1.15 bits per heavy atom. The number of imidazole rings is 1. The number of likely N-dealkylation sites (tertiary alicyclic amines) is 1. The van der Waals surface area contributed by atoms with E-state index < -0.39 is 11.7 Å². The van der Waals surface area contributed by atoms with Crippen LogP contribution >= 0.6 is 12.4 Å². The minimum absolute atomic E-state index is 0. The van der Waals surface area contributed by atoms with Crippen LogP contribution in [0.5, 0.6) is 0 Å². The molecule has 33 heavy (non-hydrogen) atoms. The van der Waals surface area contributed by atoms with Gasteiger partial charge in [-0.25, -0.2) is 9.18 Å². The van der Waals surface area contributed by atoms with E-state index in [2.05, 4.69) is 22.1 Å². The summed E-state index contributed by atoms with van der Waals surface area (Å²) in [5, 5.41) is 2.40. The molecule has 1 aliphatic heterocycles. The molecule has 176 valence electrons. The summed E-state index contributed by atoms with van der Waals surface area (Å²) in [6, 6.07) is 10.2. The normalized spacial score (nSPS) is 14.8. The van der Waals surface area contributed by atoms with Crippen molar-refractivity contribution in [3.05, 3.63) is 69.4 Å². The molecule has 1 fully saturated rings. The van der Waals surface area contributed by atoms with Gasteiger partial charge in [0, 0.05) is 37.8 Å². The highest BCUT2D eigenvalue weighted by Gasteiger charge is 2.26. The predicted molar refractivity (Wildman–Crippen MR) is 128 cm³/mol. The van der Waals surface area contributed by atoms with Crippen molar-refractivity contribution < 1.29 is 14.0 Å². The monoisotopic (exact) mass is 474 g/mol. The topological polar surface area (TPSA) is 87.2 Å². The Bertz CT molecular complexity index is 1210. The molecule has 0 saturated carbocycles. The smallest absolute Gasteiger partial charge is 0.326 e. The first kappa shape index (κ1) is 24.7.